The number of Topliss-reactive ketones (excluding diaryl/α,β-unsaturated/α-hetero) is 1. The molecule has 222 valence electrons. The Morgan fingerprint density at radius 1 is 1.27 bits per heavy atom. The fraction of sp³-hybridized carbons (Fsp3) is 0.815. The number of likely N-dealkylation sites (tertiary alicyclic amines) is 1. The molecule has 14 heteroatoms. The second kappa shape index (κ2) is 10.0. The topological polar surface area (TPSA) is 163 Å². The number of hydrogen-bond acceptors (Lipinski definition) is 10. The number of rotatable bonds is 9. The van der Waals surface area contributed by atoms with Gasteiger partial charge in [0, 0.05) is 54.1 Å². The molecule has 0 aromatic carbocycles. The van der Waals surface area contributed by atoms with Crippen LogP contribution in [0.5, 0.6) is 0 Å². The van der Waals surface area contributed by atoms with Crippen LogP contribution in [0.3, 0.4) is 0 Å². The van der Waals surface area contributed by atoms with E-state index in [4.69, 9.17) is 0 Å². The number of β-lactam (4-membered cyclic amide) rings is 1. The molecule has 6 unspecified atom stereocenters. The molecule has 7 rings (SSSR count). The van der Waals surface area contributed by atoms with E-state index in [9.17, 15) is 24.3 Å². The van der Waals surface area contributed by atoms with Gasteiger partial charge in [-0.3, -0.25) is 14.4 Å². The van der Waals surface area contributed by atoms with Crippen molar-refractivity contribution in [3.05, 3.63) is 6.33 Å². The van der Waals surface area contributed by atoms with Crippen LogP contribution in [0, 0.1) is 29.1 Å². The van der Waals surface area contributed by atoms with Crippen LogP contribution >= 0.6 is 11.8 Å². The number of aliphatic carboxylic acids is 1. The maximum atomic E-state index is 13.6. The van der Waals surface area contributed by atoms with E-state index in [-0.39, 0.29) is 76.3 Å². The Balaban J connectivity index is 0.981. The molecule has 1 aliphatic carbocycles. The summed E-state index contributed by atoms with van der Waals surface area (Å²) in [5, 5.41) is 27.8. The van der Waals surface area contributed by atoms with Gasteiger partial charge in [-0.2, -0.15) is 11.8 Å². The average molecular weight is 587 g/mol. The number of tetrazole rings is 1. The lowest BCUT2D eigenvalue weighted by molar-refractivity contribution is -0.168. The molecule has 1 saturated carbocycles. The van der Waals surface area contributed by atoms with Gasteiger partial charge in [-0.1, -0.05) is 13.8 Å². The van der Waals surface area contributed by atoms with E-state index in [1.54, 1.807) is 16.7 Å². The Hall–Kier alpha value is -2.58. The maximum absolute atomic E-state index is 13.6. The van der Waals surface area contributed by atoms with E-state index in [0.29, 0.717) is 24.9 Å². The number of piperidine rings is 1. The highest BCUT2D eigenvalue weighted by Crippen LogP contribution is 2.54. The monoisotopic (exact) mass is 586 g/mol. The normalized spacial score (nSPS) is 41.4. The summed E-state index contributed by atoms with van der Waals surface area (Å²) in [5.74, 6) is -1.00. The number of aromatic nitrogens is 4. The first-order chi connectivity index (χ1) is 19.7. The highest BCUT2D eigenvalue weighted by Gasteiger charge is 2.65. The third kappa shape index (κ3) is 4.31. The lowest BCUT2D eigenvalue weighted by atomic mass is 9.73. The summed E-state index contributed by atoms with van der Waals surface area (Å²) in [6.07, 6.45) is 4.45. The van der Waals surface area contributed by atoms with Crippen molar-refractivity contribution in [2.24, 2.45) is 29.1 Å². The van der Waals surface area contributed by atoms with Crippen molar-refractivity contribution in [3.8, 4) is 0 Å². The molecular formula is C27H38N8O5S. The van der Waals surface area contributed by atoms with Crippen LogP contribution in [0.4, 0.5) is 0 Å². The largest absolute Gasteiger partial charge is 0.480 e. The molecule has 6 fully saturated rings. The van der Waals surface area contributed by atoms with Crippen LogP contribution < -0.4 is 10.6 Å². The zero-order chi connectivity index (χ0) is 28.6. The Bertz CT molecular complexity index is 1250. The van der Waals surface area contributed by atoms with Crippen LogP contribution in [0.1, 0.15) is 39.5 Å². The summed E-state index contributed by atoms with van der Waals surface area (Å²) in [6, 6.07) is -1.00. The quantitative estimate of drug-likeness (QED) is 0.312. The van der Waals surface area contributed by atoms with E-state index in [0.717, 1.165) is 32.5 Å². The van der Waals surface area contributed by atoms with Gasteiger partial charge in [0.1, 0.15) is 18.9 Å². The van der Waals surface area contributed by atoms with Gasteiger partial charge >= 0.3 is 5.97 Å². The van der Waals surface area contributed by atoms with Gasteiger partial charge in [0.2, 0.25) is 11.8 Å². The Kier molecular flexibility index (Phi) is 6.66. The number of thioether (sulfide) groups is 1. The standard InChI is InChI=1S/C27H38N8O5S/c1-13(3-17(36)9-33-12-30-31-32-33)20-21-14(2)23(22(26(39)40)35(21)25(20)38)41-18-5-19(29-8-18)24(37)34-11-27-6-16(34)4-15(27)7-28-10-27/h12-16,18-23,28-29H,3-11H2,1-2H3,(H,39,40)/t13?,14-,15?,16-,18?,19?,20-,21-,22?,23?,27-/m1/s1. The lowest BCUT2D eigenvalue weighted by Crippen LogP contribution is -2.64. The van der Waals surface area contributed by atoms with Crippen molar-refractivity contribution >= 4 is 35.3 Å². The van der Waals surface area contributed by atoms with Crippen molar-refractivity contribution in [1.82, 2.24) is 40.6 Å². The Morgan fingerprint density at radius 2 is 2.10 bits per heavy atom. The van der Waals surface area contributed by atoms with Crippen molar-refractivity contribution in [1.29, 1.82) is 0 Å². The molecule has 1 aromatic heterocycles. The predicted molar refractivity (Wildman–Crippen MR) is 146 cm³/mol. The number of carboxylic acids is 1. The molecule has 11 atom stereocenters. The number of carbonyl (C=O) groups is 4. The number of ketones is 1. The van der Waals surface area contributed by atoms with Gasteiger partial charge in [0.05, 0.1) is 12.0 Å². The first-order valence-corrected chi connectivity index (χ1v) is 15.8. The molecule has 6 aliphatic rings. The molecular weight excluding hydrogens is 548 g/mol. The third-order valence-corrected chi connectivity index (χ3v) is 12.7. The van der Waals surface area contributed by atoms with Crippen LogP contribution in [-0.2, 0) is 25.7 Å². The molecule has 41 heavy (non-hydrogen) atoms. The van der Waals surface area contributed by atoms with E-state index in [1.165, 1.54) is 11.0 Å². The highest BCUT2D eigenvalue weighted by molar-refractivity contribution is 8.00. The fourth-order valence-electron chi connectivity index (χ4n) is 9.06. The summed E-state index contributed by atoms with van der Waals surface area (Å²) >= 11 is 1.62. The number of fused-ring (bicyclic) bond motifs is 2. The van der Waals surface area contributed by atoms with Crippen molar-refractivity contribution in [2.45, 2.75) is 80.7 Å². The number of nitrogens with one attached hydrogen (secondary N) is 2. The molecule has 1 aromatic rings. The molecule has 13 nitrogen and oxygen atoms in total. The first kappa shape index (κ1) is 27.3. The fourth-order valence-corrected chi connectivity index (χ4v) is 10.8. The molecule has 5 aliphatic heterocycles. The summed E-state index contributed by atoms with van der Waals surface area (Å²) in [7, 11) is 0. The van der Waals surface area contributed by atoms with Crippen LogP contribution in [0.15, 0.2) is 6.33 Å². The minimum Gasteiger partial charge on any atom is -0.480 e. The molecule has 1 spiro atoms. The molecule has 6 heterocycles. The van der Waals surface area contributed by atoms with Gasteiger partial charge < -0.3 is 25.5 Å². The van der Waals surface area contributed by atoms with Crippen LogP contribution in [0.2, 0.25) is 0 Å². The van der Waals surface area contributed by atoms with E-state index in [1.807, 2.05) is 13.8 Å². The summed E-state index contributed by atoms with van der Waals surface area (Å²) in [6.45, 7) is 7.55. The molecule has 3 N–H and O–H groups in total. The third-order valence-electron chi connectivity index (χ3n) is 10.9. The van der Waals surface area contributed by atoms with Crippen molar-refractivity contribution < 1.29 is 24.3 Å². The van der Waals surface area contributed by atoms with Crippen LogP contribution in [-0.4, -0.2) is 120 Å². The molecule has 0 radical (unpaired) electrons. The summed E-state index contributed by atoms with van der Waals surface area (Å²) in [4.78, 5) is 55.6. The molecule has 2 bridgehead atoms. The Labute approximate surface area is 242 Å². The number of nitrogens with zero attached hydrogens (tertiary/aromatic N) is 6. The summed E-state index contributed by atoms with van der Waals surface area (Å²) in [5.41, 5.74) is 0.257. The van der Waals surface area contributed by atoms with Crippen LogP contribution in [0.25, 0.3) is 0 Å². The zero-order valence-electron chi connectivity index (χ0n) is 23.4. The zero-order valence-corrected chi connectivity index (χ0v) is 24.2. The van der Waals surface area contributed by atoms with Gasteiger partial charge in [-0.25, -0.2) is 9.48 Å². The molecule has 2 amide bonds. The van der Waals surface area contributed by atoms with Gasteiger partial charge in [-0.15, -0.1) is 5.10 Å². The van der Waals surface area contributed by atoms with Crippen molar-refractivity contribution in [2.75, 3.05) is 26.2 Å². The minimum atomic E-state index is -0.989. The van der Waals surface area contributed by atoms with E-state index in [2.05, 4.69) is 31.1 Å². The van der Waals surface area contributed by atoms with E-state index >= 15 is 0 Å². The van der Waals surface area contributed by atoms with Gasteiger partial charge in [-0.05, 0) is 54.0 Å². The Morgan fingerprint density at radius 3 is 2.85 bits per heavy atom. The second-order valence-corrected chi connectivity index (χ2v) is 14.8. The number of carbonyl (C=O) groups excluding carboxylic acids is 3. The SMILES string of the molecule is CC(CC(=O)Cn1cnnn1)[C@H]1C(=O)N2C(C(=O)O)C(SC3CNC(C(=O)N4C[C@@]56CNCC5C[C@@H]4C6)C3)[C@H](C)[C@H]12. The smallest absolute Gasteiger partial charge is 0.327 e. The van der Waals surface area contributed by atoms with E-state index < -0.39 is 12.0 Å². The second-order valence-electron chi connectivity index (χ2n) is 13.3. The minimum absolute atomic E-state index is 0.0452. The lowest BCUT2D eigenvalue weighted by Gasteiger charge is -2.48. The maximum Gasteiger partial charge on any atom is 0.327 e. The number of hydrogen-bond donors (Lipinski definition) is 3. The molecule has 5 saturated heterocycles. The van der Waals surface area contributed by atoms with Gasteiger partial charge in [0.25, 0.3) is 0 Å². The predicted octanol–water partition coefficient (Wildman–Crippen LogP) is -0.759. The summed E-state index contributed by atoms with van der Waals surface area (Å²) < 4.78 is 1.36. The van der Waals surface area contributed by atoms with Crippen molar-refractivity contribution in [3.63, 3.8) is 0 Å². The number of carboxylic acid groups (broad SMARTS) is 1. The van der Waals surface area contributed by atoms with Gasteiger partial charge in [0.15, 0.2) is 5.78 Å². The average Bonchev–Trinajstić information content (AvgIpc) is 3.75. The highest BCUT2D eigenvalue weighted by atomic mass is 32.2. The number of amides is 2. The first-order valence-electron chi connectivity index (χ1n) is 14.8.